The summed E-state index contributed by atoms with van der Waals surface area (Å²) in [5.74, 6) is 0.147. The van der Waals surface area contributed by atoms with Gasteiger partial charge in [-0.3, -0.25) is 4.79 Å². The van der Waals surface area contributed by atoms with Gasteiger partial charge in [0.1, 0.15) is 11.4 Å². The van der Waals surface area contributed by atoms with Gasteiger partial charge >= 0.3 is 0 Å². The van der Waals surface area contributed by atoms with Crippen LogP contribution in [0.25, 0.3) is 0 Å². The normalized spacial score (nSPS) is 18.8. The number of para-hydroxylation sites is 1. The minimum absolute atomic E-state index is 0.0860. The SMILES string of the molecule is CC[C@@H](Oc1ccccc1F)C(=O)N[C@@H]1CC(C)(C)Oc2cc(C)ccc21. The van der Waals surface area contributed by atoms with Crippen molar-refractivity contribution in [3.8, 4) is 11.5 Å². The summed E-state index contributed by atoms with van der Waals surface area (Å²) in [6.07, 6.45) is 0.320. The smallest absolute Gasteiger partial charge is 0.261 e. The summed E-state index contributed by atoms with van der Waals surface area (Å²) < 4.78 is 25.6. The lowest BCUT2D eigenvalue weighted by Gasteiger charge is -2.38. The number of carbonyl (C=O) groups excluding carboxylic acids is 1. The first-order valence-electron chi connectivity index (χ1n) is 9.30. The number of hydrogen-bond donors (Lipinski definition) is 1. The molecule has 144 valence electrons. The maximum atomic E-state index is 13.9. The molecule has 1 N–H and O–H groups in total. The molecular weight excluding hydrogens is 345 g/mol. The Morgan fingerprint density at radius 1 is 1.33 bits per heavy atom. The second-order valence-corrected chi connectivity index (χ2v) is 7.61. The first-order valence-corrected chi connectivity index (χ1v) is 9.30. The van der Waals surface area contributed by atoms with E-state index in [2.05, 4.69) is 5.32 Å². The van der Waals surface area contributed by atoms with Crippen molar-refractivity contribution in [1.82, 2.24) is 5.32 Å². The van der Waals surface area contributed by atoms with Crippen LogP contribution in [-0.2, 0) is 4.79 Å². The van der Waals surface area contributed by atoms with E-state index in [1.54, 1.807) is 12.1 Å². The molecule has 0 spiro atoms. The fraction of sp³-hybridized carbons (Fsp3) is 0.409. The van der Waals surface area contributed by atoms with E-state index in [1.807, 2.05) is 45.9 Å². The minimum atomic E-state index is -0.762. The molecule has 4 nitrogen and oxygen atoms in total. The minimum Gasteiger partial charge on any atom is -0.487 e. The average molecular weight is 371 g/mol. The van der Waals surface area contributed by atoms with Gasteiger partial charge in [-0.05, 0) is 51.0 Å². The van der Waals surface area contributed by atoms with E-state index >= 15 is 0 Å². The fourth-order valence-corrected chi connectivity index (χ4v) is 3.37. The van der Waals surface area contributed by atoms with E-state index < -0.39 is 17.5 Å². The van der Waals surface area contributed by atoms with Crippen molar-refractivity contribution >= 4 is 5.91 Å². The Hall–Kier alpha value is -2.56. The van der Waals surface area contributed by atoms with Gasteiger partial charge in [0.2, 0.25) is 0 Å². The summed E-state index contributed by atoms with van der Waals surface area (Å²) in [6, 6.07) is 11.9. The zero-order valence-electron chi connectivity index (χ0n) is 16.2. The van der Waals surface area contributed by atoms with Crippen LogP contribution in [0.15, 0.2) is 42.5 Å². The van der Waals surface area contributed by atoms with Crippen molar-refractivity contribution in [2.24, 2.45) is 0 Å². The summed E-state index contributed by atoms with van der Waals surface area (Å²) in [6.45, 7) is 7.86. The molecule has 1 heterocycles. The van der Waals surface area contributed by atoms with Crippen LogP contribution in [-0.4, -0.2) is 17.6 Å². The summed E-state index contributed by atoms with van der Waals surface area (Å²) in [5, 5.41) is 3.07. The summed E-state index contributed by atoms with van der Waals surface area (Å²) in [5.41, 5.74) is 1.66. The van der Waals surface area contributed by atoms with Crippen LogP contribution in [0, 0.1) is 12.7 Å². The topological polar surface area (TPSA) is 47.6 Å². The number of carbonyl (C=O) groups is 1. The van der Waals surface area contributed by atoms with E-state index in [1.165, 1.54) is 12.1 Å². The molecule has 2 atom stereocenters. The number of benzene rings is 2. The molecule has 1 aliphatic rings. The molecular formula is C22H26FNO3. The highest BCUT2D eigenvalue weighted by molar-refractivity contribution is 5.81. The lowest BCUT2D eigenvalue weighted by Crippen LogP contribution is -2.45. The van der Waals surface area contributed by atoms with Crippen molar-refractivity contribution < 1.29 is 18.7 Å². The molecule has 27 heavy (non-hydrogen) atoms. The highest BCUT2D eigenvalue weighted by atomic mass is 19.1. The first kappa shape index (κ1) is 19.2. The number of rotatable bonds is 5. The Kier molecular flexibility index (Phi) is 5.40. The Labute approximate surface area is 159 Å². The van der Waals surface area contributed by atoms with Crippen LogP contribution >= 0.6 is 0 Å². The number of aryl methyl sites for hydroxylation is 1. The highest BCUT2D eigenvalue weighted by Crippen LogP contribution is 2.40. The van der Waals surface area contributed by atoms with Gasteiger partial charge in [-0.2, -0.15) is 0 Å². The van der Waals surface area contributed by atoms with Gasteiger partial charge in [-0.15, -0.1) is 0 Å². The Morgan fingerprint density at radius 2 is 2.07 bits per heavy atom. The third-order valence-electron chi connectivity index (χ3n) is 4.71. The largest absolute Gasteiger partial charge is 0.487 e. The van der Waals surface area contributed by atoms with Crippen LogP contribution in [0.1, 0.15) is 50.8 Å². The second-order valence-electron chi connectivity index (χ2n) is 7.61. The third kappa shape index (κ3) is 4.41. The standard InChI is InChI=1S/C22H26FNO3/c1-5-18(26-19-9-7-6-8-16(19)23)21(25)24-17-13-22(3,4)27-20-12-14(2)10-11-15(17)20/h6-12,17-18H,5,13H2,1-4H3,(H,24,25)/t17-,18-/m1/s1. The zero-order valence-corrected chi connectivity index (χ0v) is 16.2. The van der Waals surface area contributed by atoms with Crippen molar-refractivity contribution in [1.29, 1.82) is 0 Å². The van der Waals surface area contributed by atoms with E-state index in [4.69, 9.17) is 9.47 Å². The van der Waals surface area contributed by atoms with Gasteiger partial charge in [0.05, 0.1) is 6.04 Å². The Balaban J connectivity index is 1.79. The first-order chi connectivity index (χ1) is 12.8. The zero-order chi connectivity index (χ0) is 19.6. The molecule has 2 aromatic rings. The maximum Gasteiger partial charge on any atom is 0.261 e. The predicted molar refractivity (Wildman–Crippen MR) is 102 cm³/mol. The van der Waals surface area contributed by atoms with Crippen LogP contribution in [0.3, 0.4) is 0 Å². The van der Waals surface area contributed by atoms with Gasteiger partial charge in [0, 0.05) is 12.0 Å². The molecule has 1 aliphatic heterocycles. The number of ether oxygens (including phenoxy) is 2. The molecule has 0 saturated heterocycles. The molecule has 0 aliphatic carbocycles. The molecule has 3 rings (SSSR count). The van der Waals surface area contributed by atoms with Crippen LogP contribution < -0.4 is 14.8 Å². The van der Waals surface area contributed by atoms with Crippen molar-refractivity contribution in [2.75, 3.05) is 0 Å². The molecule has 0 fully saturated rings. The predicted octanol–water partition coefficient (Wildman–Crippen LogP) is 4.71. The van der Waals surface area contributed by atoms with E-state index in [9.17, 15) is 9.18 Å². The molecule has 5 heteroatoms. The second kappa shape index (κ2) is 7.59. The summed E-state index contributed by atoms with van der Waals surface area (Å²) in [4.78, 5) is 12.8. The van der Waals surface area contributed by atoms with E-state index in [0.29, 0.717) is 12.8 Å². The molecule has 1 amide bonds. The van der Waals surface area contributed by atoms with E-state index in [0.717, 1.165) is 16.9 Å². The number of nitrogens with one attached hydrogen (secondary N) is 1. The van der Waals surface area contributed by atoms with Crippen LogP contribution in [0.5, 0.6) is 11.5 Å². The summed E-state index contributed by atoms with van der Waals surface area (Å²) in [7, 11) is 0. The molecule has 0 aromatic heterocycles. The number of hydrogen-bond acceptors (Lipinski definition) is 3. The number of halogens is 1. The van der Waals surface area contributed by atoms with Crippen molar-refractivity contribution in [3.05, 3.63) is 59.4 Å². The van der Waals surface area contributed by atoms with Crippen LogP contribution in [0.2, 0.25) is 0 Å². The molecule has 2 aromatic carbocycles. The molecule has 0 bridgehead atoms. The van der Waals surface area contributed by atoms with E-state index in [-0.39, 0.29) is 17.7 Å². The maximum absolute atomic E-state index is 13.9. The fourth-order valence-electron chi connectivity index (χ4n) is 3.37. The molecule has 0 radical (unpaired) electrons. The average Bonchev–Trinajstić information content (AvgIpc) is 2.59. The lowest BCUT2D eigenvalue weighted by atomic mass is 9.89. The van der Waals surface area contributed by atoms with Crippen molar-refractivity contribution in [3.63, 3.8) is 0 Å². The Bertz CT molecular complexity index is 834. The third-order valence-corrected chi connectivity index (χ3v) is 4.71. The van der Waals surface area contributed by atoms with Gasteiger partial charge in [-0.25, -0.2) is 4.39 Å². The number of fused-ring (bicyclic) bond motifs is 1. The van der Waals surface area contributed by atoms with Crippen molar-refractivity contribution in [2.45, 2.75) is 58.3 Å². The van der Waals surface area contributed by atoms with Crippen LogP contribution in [0.4, 0.5) is 4.39 Å². The molecule has 0 unspecified atom stereocenters. The summed E-state index contributed by atoms with van der Waals surface area (Å²) >= 11 is 0. The number of amides is 1. The van der Waals surface area contributed by atoms with Gasteiger partial charge in [0.15, 0.2) is 17.7 Å². The Morgan fingerprint density at radius 3 is 2.78 bits per heavy atom. The van der Waals surface area contributed by atoms with Gasteiger partial charge in [0.25, 0.3) is 5.91 Å². The van der Waals surface area contributed by atoms with Gasteiger partial charge < -0.3 is 14.8 Å². The lowest BCUT2D eigenvalue weighted by molar-refractivity contribution is -0.129. The monoisotopic (exact) mass is 371 g/mol. The highest BCUT2D eigenvalue weighted by Gasteiger charge is 2.35. The molecule has 0 saturated carbocycles. The van der Waals surface area contributed by atoms with Gasteiger partial charge in [-0.1, -0.05) is 31.2 Å². The quantitative estimate of drug-likeness (QED) is 0.828.